The number of benzene rings is 1. The minimum Gasteiger partial charge on any atom is -0.346 e. The van der Waals surface area contributed by atoms with Crippen LogP contribution >= 0.6 is 11.8 Å². The van der Waals surface area contributed by atoms with Crippen LogP contribution in [0, 0.1) is 5.82 Å². The van der Waals surface area contributed by atoms with Gasteiger partial charge < -0.3 is 16.4 Å². The number of hydrogen-bond donors (Lipinski definition) is 3. The van der Waals surface area contributed by atoms with Crippen molar-refractivity contribution >= 4 is 29.3 Å². The maximum Gasteiger partial charge on any atom is 0.243 e. The Hall–Kier alpha value is -1.60. The zero-order valence-corrected chi connectivity index (χ0v) is 12.0. The minimum atomic E-state index is -0.610. The van der Waals surface area contributed by atoms with E-state index in [4.69, 9.17) is 5.73 Å². The quantitative estimate of drug-likeness (QED) is 0.700. The maximum atomic E-state index is 12.7. The number of amides is 2. The molecule has 1 atom stereocenters. The molecule has 7 heteroatoms. The molecule has 0 bridgehead atoms. The van der Waals surface area contributed by atoms with Gasteiger partial charge in [0.05, 0.1) is 12.6 Å². The first kappa shape index (κ1) is 16.5. The third kappa shape index (κ3) is 6.03. The molecule has 0 heterocycles. The Bertz CT molecular complexity index is 453. The lowest BCUT2D eigenvalue weighted by atomic mass is 10.2. The summed E-state index contributed by atoms with van der Waals surface area (Å²) in [5.41, 5.74) is 6.13. The van der Waals surface area contributed by atoms with E-state index >= 15 is 0 Å². The van der Waals surface area contributed by atoms with E-state index in [1.54, 1.807) is 11.8 Å². The van der Waals surface area contributed by atoms with Gasteiger partial charge in [-0.25, -0.2) is 4.39 Å². The monoisotopic (exact) mass is 299 g/mol. The van der Waals surface area contributed by atoms with Gasteiger partial charge in [-0.3, -0.25) is 9.59 Å². The third-order valence-electron chi connectivity index (χ3n) is 2.52. The number of carbonyl (C=O) groups is 2. The summed E-state index contributed by atoms with van der Waals surface area (Å²) in [6.07, 6.45) is 2.49. The molecule has 5 nitrogen and oxygen atoms in total. The van der Waals surface area contributed by atoms with Crippen LogP contribution in [0.1, 0.15) is 6.42 Å². The Morgan fingerprint density at radius 2 is 2.00 bits per heavy atom. The van der Waals surface area contributed by atoms with Crippen molar-refractivity contribution < 1.29 is 14.0 Å². The van der Waals surface area contributed by atoms with E-state index in [0.29, 0.717) is 12.1 Å². The molecule has 1 rings (SSSR count). The van der Waals surface area contributed by atoms with Crippen molar-refractivity contribution in [3.63, 3.8) is 0 Å². The van der Waals surface area contributed by atoms with Crippen LogP contribution in [0.3, 0.4) is 0 Å². The van der Waals surface area contributed by atoms with E-state index in [1.165, 1.54) is 24.3 Å². The number of nitrogens with two attached hydrogens (primary N) is 1. The molecule has 0 aliphatic rings. The summed E-state index contributed by atoms with van der Waals surface area (Å²) in [7, 11) is 0. The van der Waals surface area contributed by atoms with Crippen molar-refractivity contribution in [3.8, 4) is 0 Å². The summed E-state index contributed by atoms with van der Waals surface area (Å²) in [5.74, 6) is -0.331. The first-order chi connectivity index (χ1) is 9.52. The van der Waals surface area contributed by atoms with Gasteiger partial charge in [-0.1, -0.05) is 0 Å². The summed E-state index contributed by atoms with van der Waals surface area (Å²) in [5, 5.41) is 5.00. The highest BCUT2D eigenvalue weighted by molar-refractivity contribution is 7.98. The minimum absolute atomic E-state index is 0.164. The SMILES string of the molecule is CSCC[C@H](N)C(=O)NCC(=O)Nc1ccc(F)cc1. The number of carbonyl (C=O) groups excluding carboxylic acids is 2. The molecular formula is C13H18FN3O2S. The summed E-state index contributed by atoms with van der Waals surface area (Å²) < 4.78 is 12.7. The number of nitrogens with one attached hydrogen (secondary N) is 2. The molecule has 2 amide bonds. The van der Waals surface area contributed by atoms with E-state index in [-0.39, 0.29) is 24.2 Å². The van der Waals surface area contributed by atoms with E-state index in [9.17, 15) is 14.0 Å². The second-order valence-electron chi connectivity index (χ2n) is 4.16. The zero-order valence-electron chi connectivity index (χ0n) is 11.2. The number of anilines is 1. The molecule has 0 radical (unpaired) electrons. The van der Waals surface area contributed by atoms with Gasteiger partial charge in [-0.2, -0.15) is 11.8 Å². The summed E-state index contributed by atoms with van der Waals surface area (Å²) >= 11 is 1.60. The average molecular weight is 299 g/mol. The number of hydrogen-bond acceptors (Lipinski definition) is 4. The Labute approximate surface area is 121 Å². The largest absolute Gasteiger partial charge is 0.346 e. The Kier molecular flexibility index (Phi) is 7.03. The highest BCUT2D eigenvalue weighted by Gasteiger charge is 2.13. The highest BCUT2D eigenvalue weighted by Crippen LogP contribution is 2.07. The molecule has 110 valence electrons. The summed E-state index contributed by atoms with van der Waals surface area (Å²) in [6, 6.07) is 4.76. The number of rotatable bonds is 7. The molecule has 0 aliphatic heterocycles. The van der Waals surface area contributed by atoms with E-state index in [2.05, 4.69) is 10.6 Å². The second kappa shape index (κ2) is 8.55. The topological polar surface area (TPSA) is 84.2 Å². The van der Waals surface area contributed by atoms with Crippen molar-refractivity contribution in [2.24, 2.45) is 5.73 Å². The fourth-order valence-corrected chi connectivity index (χ4v) is 1.90. The first-order valence-electron chi connectivity index (χ1n) is 6.10. The van der Waals surface area contributed by atoms with Crippen LogP contribution in [-0.4, -0.2) is 36.4 Å². The second-order valence-corrected chi connectivity index (χ2v) is 5.15. The summed E-state index contributed by atoms with van der Waals surface area (Å²) in [4.78, 5) is 23.1. The Morgan fingerprint density at radius 3 is 2.60 bits per heavy atom. The molecule has 4 N–H and O–H groups in total. The van der Waals surface area contributed by atoms with Gasteiger partial charge in [0.15, 0.2) is 0 Å². The van der Waals surface area contributed by atoms with Crippen molar-refractivity contribution in [1.29, 1.82) is 0 Å². The van der Waals surface area contributed by atoms with Crippen molar-refractivity contribution in [1.82, 2.24) is 5.32 Å². The molecule has 0 aliphatic carbocycles. The molecule has 20 heavy (non-hydrogen) atoms. The van der Waals surface area contributed by atoms with Gasteiger partial charge in [0.1, 0.15) is 5.82 Å². The van der Waals surface area contributed by atoms with Gasteiger partial charge in [-0.05, 0) is 42.7 Å². The van der Waals surface area contributed by atoms with Gasteiger partial charge in [0.2, 0.25) is 11.8 Å². The van der Waals surface area contributed by atoms with Crippen LogP contribution in [0.25, 0.3) is 0 Å². The highest BCUT2D eigenvalue weighted by atomic mass is 32.2. The molecule has 0 spiro atoms. The molecule has 0 aromatic heterocycles. The van der Waals surface area contributed by atoms with Crippen LogP contribution < -0.4 is 16.4 Å². The van der Waals surface area contributed by atoms with E-state index in [0.717, 1.165) is 5.75 Å². The van der Waals surface area contributed by atoms with Crippen LogP contribution in [0.2, 0.25) is 0 Å². The van der Waals surface area contributed by atoms with E-state index < -0.39 is 6.04 Å². The van der Waals surface area contributed by atoms with Crippen molar-refractivity contribution in [3.05, 3.63) is 30.1 Å². The van der Waals surface area contributed by atoms with E-state index in [1.807, 2.05) is 6.26 Å². The van der Waals surface area contributed by atoms with Gasteiger partial charge >= 0.3 is 0 Å². The Balaban J connectivity index is 2.32. The normalized spacial score (nSPS) is 11.8. The third-order valence-corrected chi connectivity index (χ3v) is 3.16. The van der Waals surface area contributed by atoms with Crippen LogP contribution in [0.15, 0.2) is 24.3 Å². The lowest BCUT2D eigenvalue weighted by Gasteiger charge is -2.11. The molecule has 1 aromatic carbocycles. The lowest BCUT2D eigenvalue weighted by Crippen LogP contribution is -2.43. The molecular weight excluding hydrogens is 281 g/mol. The van der Waals surface area contributed by atoms with Crippen LogP contribution in [0.4, 0.5) is 10.1 Å². The number of thioether (sulfide) groups is 1. The standard InChI is InChI=1S/C13H18FN3O2S/c1-20-7-6-11(15)13(19)16-8-12(18)17-10-4-2-9(14)3-5-10/h2-5,11H,6-8,15H2,1H3,(H,16,19)(H,17,18)/t11-/m0/s1. The predicted octanol–water partition coefficient (Wildman–Crippen LogP) is 0.961. The average Bonchev–Trinajstić information content (AvgIpc) is 2.44. The molecule has 1 aromatic rings. The zero-order chi connectivity index (χ0) is 15.0. The molecule has 0 saturated heterocycles. The van der Waals surface area contributed by atoms with Crippen molar-refractivity contribution in [2.45, 2.75) is 12.5 Å². The van der Waals surface area contributed by atoms with Gasteiger partial charge in [-0.15, -0.1) is 0 Å². The molecule has 0 unspecified atom stereocenters. The summed E-state index contributed by atoms with van der Waals surface area (Å²) in [6.45, 7) is -0.164. The first-order valence-corrected chi connectivity index (χ1v) is 7.50. The van der Waals surface area contributed by atoms with Crippen LogP contribution in [-0.2, 0) is 9.59 Å². The maximum absolute atomic E-state index is 12.7. The number of halogens is 1. The Morgan fingerprint density at radius 1 is 1.35 bits per heavy atom. The molecule has 0 fully saturated rings. The fourth-order valence-electron chi connectivity index (χ4n) is 1.41. The fraction of sp³-hybridized carbons (Fsp3) is 0.385. The smallest absolute Gasteiger partial charge is 0.243 e. The van der Waals surface area contributed by atoms with Gasteiger partial charge in [0.25, 0.3) is 0 Å². The van der Waals surface area contributed by atoms with Gasteiger partial charge in [0, 0.05) is 5.69 Å². The lowest BCUT2D eigenvalue weighted by molar-refractivity contribution is -0.125. The predicted molar refractivity (Wildman–Crippen MR) is 79.0 cm³/mol. The van der Waals surface area contributed by atoms with Crippen LogP contribution in [0.5, 0.6) is 0 Å². The van der Waals surface area contributed by atoms with Crippen molar-refractivity contribution in [2.75, 3.05) is 23.9 Å². The molecule has 0 saturated carbocycles.